The highest BCUT2D eigenvalue weighted by Gasteiger charge is 2.38. The van der Waals surface area contributed by atoms with Crippen molar-refractivity contribution >= 4 is 28.8 Å². The summed E-state index contributed by atoms with van der Waals surface area (Å²) in [6.07, 6.45) is 1.21. The molecule has 1 amide bonds. The average Bonchev–Trinajstić information content (AvgIpc) is 2.42. The summed E-state index contributed by atoms with van der Waals surface area (Å²) in [6, 6.07) is 6.07. The maximum atomic E-state index is 12.8. The molecule has 0 heterocycles. The number of amides is 1. The van der Waals surface area contributed by atoms with E-state index in [4.69, 9.17) is 18.0 Å². The summed E-state index contributed by atoms with van der Waals surface area (Å²) in [5.41, 5.74) is 8.16. The lowest BCUT2D eigenvalue weighted by molar-refractivity contribution is -0.122. The highest BCUT2D eigenvalue weighted by molar-refractivity contribution is 7.80. The standard InChI is InChI=1S/C17H26N2OS/c1-6-17(7-2,15(18)21)16(20)19-14-12(5)9-8-10-13(14)11(3)4/h8-11H,6-7H2,1-5H3,(H2,18,21)(H,19,20). The molecule has 0 aliphatic rings. The molecule has 0 aliphatic carbocycles. The van der Waals surface area contributed by atoms with Gasteiger partial charge in [-0.25, -0.2) is 0 Å². The number of thiocarbonyl (C=S) groups is 1. The zero-order chi connectivity index (χ0) is 16.2. The van der Waals surface area contributed by atoms with E-state index >= 15 is 0 Å². The monoisotopic (exact) mass is 306 g/mol. The highest BCUT2D eigenvalue weighted by atomic mass is 32.1. The van der Waals surface area contributed by atoms with Crippen LogP contribution in [0.4, 0.5) is 5.69 Å². The first kappa shape index (κ1) is 17.6. The smallest absolute Gasteiger partial charge is 0.237 e. The molecule has 0 unspecified atom stereocenters. The second-order valence-corrected chi connectivity index (χ2v) is 6.24. The van der Waals surface area contributed by atoms with Crippen LogP contribution >= 0.6 is 12.2 Å². The average molecular weight is 306 g/mol. The van der Waals surface area contributed by atoms with Gasteiger partial charge in [-0.2, -0.15) is 0 Å². The second kappa shape index (κ2) is 7.03. The molecule has 0 radical (unpaired) electrons. The van der Waals surface area contributed by atoms with Crippen LogP contribution in [-0.2, 0) is 4.79 Å². The van der Waals surface area contributed by atoms with Crippen molar-refractivity contribution in [3.05, 3.63) is 29.3 Å². The number of hydrogen-bond donors (Lipinski definition) is 2. The molecule has 0 aliphatic heterocycles. The van der Waals surface area contributed by atoms with E-state index in [-0.39, 0.29) is 10.9 Å². The third-order valence-corrected chi connectivity index (χ3v) is 4.67. The molecule has 21 heavy (non-hydrogen) atoms. The molecule has 0 saturated heterocycles. The summed E-state index contributed by atoms with van der Waals surface area (Å²) >= 11 is 5.15. The van der Waals surface area contributed by atoms with Gasteiger partial charge in [0.1, 0.15) is 0 Å². The normalized spacial score (nSPS) is 11.5. The quantitative estimate of drug-likeness (QED) is 0.776. The number of hydrogen-bond acceptors (Lipinski definition) is 2. The van der Waals surface area contributed by atoms with Gasteiger partial charge in [-0.05, 0) is 36.8 Å². The van der Waals surface area contributed by atoms with E-state index < -0.39 is 5.41 Å². The van der Waals surface area contributed by atoms with E-state index in [1.807, 2.05) is 39.0 Å². The number of rotatable bonds is 6. The van der Waals surface area contributed by atoms with Gasteiger partial charge in [0.15, 0.2) is 0 Å². The molecule has 1 rings (SSSR count). The molecule has 4 heteroatoms. The van der Waals surface area contributed by atoms with Crippen LogP contribution in [0.2, 0.25) is 0 Å². The van der Waals surface area contributed by atoms with E-state index in [1.165, 1.54) is 0 Å². The Kier molecular flexibility index (Phi) is 5.90. The number of anilines is 1. The van der Waals surface area contributed by atoms with Crippen LogP contribution in [0.15, 0.2) is 18.2 Å². The first-order chi connectivity index (χ1) is 9.80. The Morgan fingerprint density at radius 3 is 2.33 bits per heavy atom. The summed E-state index contributed by atoms with van der Waals surface area (Å²) < 4.78 is 0. The molecule has 3 N–H and O–H groups in total. The van der Waals surface area contributed by atoms with E-state index in [2.05, 4.69) is 19.2 Å². The number of benzene rings is 1. The zero-order valence-electron chi connectivity index (χ0n) is 13.6. The lowest BCUT2D eigenvalue weighted by Crippen LogP contribution is -2.45. The summed E-state index contributed by atoms with van der Waals surface area (Å²) in [7, 11) is 0. The zero-order valence-corrected chi connectivity index (χ0v) is 14.4. The van der Waals surface area contributed by atoms with Gasteiger partial charge in [0.2, 0.25) is 5.91 Å². The Balaban J connectivity index is 3.22. The minimum atomic E-state index is -0.772. The van der Waals surface area contributed by atoms with Gasteiger partial charge in [-0.15, -0.1) is 0 Å². The predicted molar refractivity (Wildman–Crippen MR) is 93.7 cm³/mol. The minimum Gasteiger partial charge on any atom is -0.392 e. The first-order valence-corrected chi connectivity index (χ1v) is 7.91. The maximum Gasteiger partial charge on any atom is 0.237 e. The fourth-order valence-electron chi connectivity index (χ4n) is 2.61. The van der Waals surface area contributed by atoms with Crippen molar-refractivity contribution in [2.75, 3.05) is 5.32 Å². The van der Waals surface area contributed by atoms with Crippen LogP contribution in [0.1, 0.15) is 57.6 Å². The van der Waals surface area contributed by atoms with E-state index in [1.54, 1.807) is 0 Å². The van der Waals surface area contributed by atoms with Crippen LogP contribution in [0.3, 0.4) is 0 Å². The predicted octanol–water partition coefficient (Wildman–Crippen LogP) is 4.15. The van der Waals surface area contributed by atoms with Crippen molar-refractivity contribution in [2.24, 2.45) is 11.1 Å². The lowest BCUT2D eigenvalue weighted by Gasteiger charge is -2.30. The first-order valence-electron chi connectivity index (χ1n) is 7.51. The van der Waals surface area contributed by atoms with Crippen LogP contribution in [0.25, 0.3) is 0 Å². The largest absolute Gasteiger partial charge is 0.392 e. The summed E-state index contributed by atoms with van der Waals surface area (Å²) in [5, 5.41) is 3.08. The second-order valence-electron chi connectivity index (χ2n) is 5.80. The number of nitrogens with two attached hydrogens (primary N) is 1. The number of para-hydroxylation sites is 1. The van der Waals surface area contributed by atoms with Gasteiger partial charge in [-0.3, -0.25) is 4.79 Å². The Labute approximate surface area is 133 Å². The molecular weight excluding hydrogens is 280 g/mol. The van der Waals surface area contributed by atoms with Gasteiger partial charge < -0.3 is 11.1 Å². The Morgan fingerprint density at radius 1 is 1.33 bits per heavy atom. The van der Waals surface area contributed by atoms with Crippen molar-refractivity contribution < 1.29 is 4.79 Å². The van der Waals surface area contributed by atoms with Crippen LogP contribution in [-0.4, -0.2) is 10.9 Å². The molecule has 0 atom stereocenters. The molecule has 0 fully saturated rings. The van der Waals surface area contributed by atoms with E-state index in [0.717, 1.165) is 16.8 Å². The molecule has 1 aromatic rings. The lowest BCUT2D eigenvalue weighted by atomic mass is 9.81. The van der Waals surface area contributed by atoms with Gasteiger partial charge >= 0.3 is 0 Å². The van der Waals surface area contributed by atoms with Gasteiger partial charge in [0.25, 0.3) is 0 Å². The van der Waals surface area contributed by atoms with Crippen molar-refractivity contribution in [2.45, 2.75) is 53.4 Å². The topological polar surface area (TPSA) is 55.1 Å². The fourth-order valence-corrected chi connectivity index (χ4v) is 2.99. The van der Waals surface area contributed by atoms with Gasteiger partial charge in [0.05, 0.1) is 10.4 Å². The number of carbonyl (C=O) groups is 1. The number of carbonyl (C=O) groups excluding carboxylic acids is 1. The van der Waals surface area contributed by atoms with Crippen molar-refractivity contribution in [3.8, 4) is 0 Å². The van der Waals surface area contributed by atoms with E-state index in [0.29, 0.717) is 18.8 Å². The molecule has 1 aromatic carbocycles. The van der Waals surface area contributed by atoms with Gasteiger partial charge in [-0.1, -0.05) is 58.1 Å². The van der Waals surface area contributed by atoms with Crippen LogP contribution in [0, 0.1) is 12.3 Å². The van der Waals surface area contributed by atoms with Crippen molar-refractivity contribution in [1.29, 1.82) is 0 Å². The van der Waals surface area contributed by atoms with Crippen LogP contribution in [0.5, 0.6) is 0 Å². The fraction of sp³-hybridized carbons (Fsp3) is 0.529. The SMILES string of the molecule is CCC(CC)(C(=O)Nc1c(C)cccc1C(C)C)C(N)=S. The summed E-state index contributed by atoms with van der Waals surface area (Å²) in [6.45, 7) is 10.1. The number of aryl methyl sites for hydroxylation is 1. The summed E-state index contributed by atoms with van der Waals surface area (Å²) in [5.74, 6) is 0.235. The number of nitrogens with one attached hydrogen (secondary N) is 1. The van der Waals surface area contributed by atoms with E-state index in [9.17, 15) is 4.79 Å². The van der Waals surface area contributed by atoms with Crippen molar-refractivity contribution in [3.63, 3.8) is 0 Å². The molecule has 0 bridgehead atoms. The molecule has 0 aromatic heterocycles. The Bertz CT molecular complexity index is 534. The highest BCUT2D eigenvalue weighted by Crippen LogP contribution is 2.32. The third kappa shape index (κ3) is 3.43. The minimum absolute atomic E-state index is 0.101. The molecule has 3 nitrogen and oxygen atoms in total. The molecule has 0 spiro atoms. The Morgan fingerprint density at radius 2 is 1.90 bits per heavy atom. The van der Waals surface area contributed by atoms with Crippen molar-refractivity contribution in [1.82, 2.24) is 0 Å². The molecule has 116 valence electrons. The summed E-state index contributed by atoms with van der Waals surface area (Å²) in [4.78, 5) is 13.1. The van der Waals surface area contributed by atoms with Crippen LogP contribution < -0.4 is 11.1 Å². The maximum absolute atomic E-state index is 12.8. The Hall–Kier alpha value is -1.42. The third-order valence-electron chi connectivity index (χ3n) is 4.28. The molecule has 0 saturated carbocycles. The molecular formula is C17H26N2OS. The van der Waals surface area contributed by atoms with Gasteiger partial charge in [0, 0.05) is 5.69 Å².